The van der Waals surface area contributed by atoms with Crippen LogP contribution in [0.3, 0.4) is 0 Å². The van der Waals surface area contributed by atoms with E-state index in [-0.39, 0.29) is 0 Å². The molecule has 0 spiro atoms. The Balaban J connectivity index is 1.64. The topological polar surface area (TPSA) is 45.0 Å². The van der Waals surface area contributed by atoms with Gasteiger partial charge in [0.2, 0.25) is 0 Å². The Kier molecular flexibility index (Phi) is 3.98. The summed E-state index contributed by atoms with van der Waals surface area (Å²) in [5.41, 5.74) is 3.96. The Bertz CT molecular complexity index is 706. The number of anilines is 1. The van der Waals surface area contributed by atoms with Crippen molar-refractivity contribution in [2.75, 3.05) is 18.5 Å². The summed E-state index contributed by atoms with van der Waals surface area (Å²) in [6.45, 7) is 1.54. The van der Waals surface area contributed by atoms with Crippen molar-refractivity contribution in [2.45, 2.75) is 12.8 Å². The molecule has 3 rings (SSSR count). The minimum atomic E-state index is 0.613. The van der Waals surface area contributed by atoms with Crippen molar-refractivity contribution in [2.24, 2.45) is 0 Å². The van der Waals surface area contributed by atoms with E-state index in [2.05, 4.69) is 23.5 Å². The fourth-order valence-electron chi connectivity index (χ4n) is 2.50. The summed E-state index contributed by atoms with van der Waals surface area (Å²) < 4.78 is 5.50. The van der Waals surface area contributed by atoms with E-state index >= 15 is 0 Å². The van der Waals surface area contributed by atoms with Crippen LogP contribution in [0.5, 0.6) is 5.75 Å². The van der Waals surface area contributed by atoms with Crippen molar-refractivity contribution in [3.05, 3.63) is 58.1 Å². The molecule has 21 heavy (non-hydrogen) atoms. The molecule has 0 radical (unpaired) electrons. The number of nitrogens with zero attached hydrogens (tertiary/aromatic N) is 1. The first-order chi connectivity index (χ1) is 10.3. The Hall–Kier alpha value is -2.18. The number of hydrogen-bond acceptors (Lipinski definition) is 3. The van der Waals surface area contributed by atoms with Crippen LogP contribution in [0.1, 0.15) is 16.7 Å². The van der Waals surface area contributed by atoms with E-state index in [1.165, 1.54) is 11.1 Å². The van der Waals surface area contributed by atoms with Crippen LogP contribution in [0.4, 0.5) is 5.69 Å². The smallest absolute Gasteiger partial charge is 0.122 e. The molecule has 4 heteroatoms. The second kappa shape index (κ2) is 6.07. The first-order valence-electron chi connectivity index (χ1n) is 6.94. The van der Waals surface area contributed by atoms with Gasteiger partial charge in [-0.25, -0.2) is 0 Å². The number of benzene rings is 2. The molecule has 0 atom stereocenters. The van der Waals surface area contributed by atoms with Crippen LogP contribution in [-0.4, -0.2) is 13.2 Å². The molecule has 0 amide bonds. The molecule has 0 unspecified atom stereocenters. The normalized spacial score (nSPS) is 12.4. The van der Waals surface area contributed by atoms with E-state index in [4.69, 9.17) is 21.6 Å². The summed E-state index contributed by atoms with van der Waals surface area (Å²) in [7, 11) is 0. The maximum absolute atomic E-state index is 9.08. The van der Waals surface area contributed by atoms with Crippen LogP contribution >= 0.6 is 11.6 Å². The Morgan fingerprint density at radius 1 is 1.24 bits per heavy atom. The minimum absolute atomic E-state index is 0.613. The molecule has 2 aromatic rings. The van der Waals surface area contributed by atoms with Crippen molar-refractivity contribution >= 4 is 17.3 Å². The largest absolute Gasteiger partial charge is 0.493 e. The number of nitriles is 1. The third-order valence-corrected chi connectivity index (χ3v) is 3.82. The molecular formula is C17H15ClN2O. The van der Waals surface area contributed by atoms with Gasteiger partial charge in [-0.05, 0) is 41.8 Å². The molecule has 0 saturated heterocycles. The molecule has 2 aromatic carbocycles. The molecule has 1 heterocycles. The summed E-state index contributed by atoms with van der Waals surface area (Å²) in [5.74, 6) is 1.01. The quantitative estimate of drug-likeness (QED) is 0.934. The summed E-state index contributed by atoms with van der Waals surface area (Å²) in [6.07, 6.45) is 1.88. The lowest BCUT2D eigenvalue weighted by Gasteiger charge is -2.09. The van der Waals surface area contributed by atoms with Crippen molar-refractivity contribution in [1.82, 2.24) is 0 Å². The predicted octanol–water partition coefficient (Wildman–Crippen LogP) is 3.80. The number of halogens is 1. The Morgan fingerprint density at radius 2 is 2.14 bits per heavy atom. The molecule has 1 aliphatic rings. The molecule has 0 aliphatic carbocycles. The van der Waals surface area contributed by atoms with Gasteiger partial charge in [0.1, 0.15) is 11.8 Å². The minimum Gasteiger partial charge on any atom is -0.493 e. The van der Waals surface area contributed by atoms with Gasteiger partial charge in [-0.2, -0.15) is 5.26 Å². The van der Waals surface area contributed by atoms with Crippen molar-refractivity contribution in [3.8, 4) is 11.8 Å². The van der Waals surface area contributed by atoms with E-state index in [1.807, 2.05) is 6.07 Å². The summed E-state index contributed by atoms with van der Waals surface area (Å²) in [4.78, 5) is 0. The van der Waals surface area contributed by atoms with E-state index in [0.29, 0.717) is 10.6 Å². The molecular weight excluding hydrogens is 284 g/mol. The molecule has 0 aromatic heterocycles. The molecule has 106 valence electrons. The van der Waals surface area contributed by atoms with E-state index in [1.54, 1.807) is 18.2 Å². The SMILES string of the molecule is N#Cc1ccc(Cl)cc1NCCc1ccc2c(c1)CCO2. The zero-order valence-corrected chi connectivity index (χ0v) is 12.3. The standard InChI is InChI=1S/C17H15ClN2O/c18-15-3-2-14(11-19)16(10-15)20-7-5-12-1-4-17-13(9-12)6-8-21-17/h1-4,9-10,20H,5-8H2. The van der Waals surface area contributed by atoms with Crippen molar-refractivity contribution in [3.63, 3.8) is 0 Å². The van der Waals surface area contributed by atoms with Crippen LogP contribution in [0.15, 0.2) is 36.4 Å². The number of nitrogens with one attached hydrogen (secondary N) is 1. The van der Waals surface area contributed by atoms with E-state index < -0.39 is 0 Å². The van der Waals surface area contributed by atoms with Gasteiger partial charge in [0.25, 0.3) is 0 Å². The van der Waals surface area contributed by atoms with E-state index in [0.717, 1.165) is 37.4 Å². The van der Waals surface area contributed by atoms with Crippen LogP contribution in [-0.2, 0) is 12.8 Å². The summed E-state index contributed by atoms with van der Waals surface area (Å²) in [5, 5.41) is 13.0. The highest BCUT2D eigenvalue weighted by Crippen LogP contribution is 2.26. The lowest BCUT2D eigenvalue weighted by Crippen LogP contribution is -2.06. The van der Waals surface area contributed by atoms with Crippen LogP contribution < -0.4 is 10.1 Å². The summed E-state index contributed by atoms with van der Waals surface area (Å²) in [6, 6.07) is 13.8. The second-order valence-electron chi connectivity index (χ2n) is 5.02. The maximum atomic E-state index is 9.08. The average molecular weight is 299 g/mol. The molecule has 3 nitrogen and oxygen atoms in total. The van der Waals surface area contributed by atoms with Crippen LogP contribution in [0.2, 0.25) is 5.02 Å². The third kappa shape index (κ3) is 3.12. The number of ether oxygens (including phenoxy) is 1. The van der Waals surface area contributed by atoms with Gasteiger partial charge in [-0.15, -0.1) is 0 Å². The maximum Gasteiger partial charge on any atom is 0.122 e. The zero-order chi connectivity index (χ0) is 14.7. The molecule has 1 aliphatic heterocycles. The highest BCUT2D eigenvalue weighted by Gasteiger charge is 2.11. The van der Waals surface area contributed by atoms with Gasteiger partial charge in [-0.3, -0.25) is 0 Å². The van der Waals surface area contributed by atoms with Crippen LogP contribution in [0.25, 0.3) is 0 Å². The van der Waals surface area contributed by atoms with E-state index in [9.17, 15) is 0 Å². The first kappa shape index (κ1) is 13.8. The molecule has 0 fully saturated rings. The average Bonchev–Trinajstić information content (AvgIpc) is 2.95. The van der Waals surface area contributed by atoms with Crippen molar-refractivity contribution < 1.29 is 4.74 Å². The van der Waals surface area contributed by atoms with Gasteiger partial charge < -0.3 is 10.1 Å². The lowest BCUT2D eigenvalue weighted by atomic mass is 10.1. The number of fused-ring (bicyclic) bond motifs is 1. The Labute approximate surface area is 129 Å². The molecule has 1 N–H and O–H groups in total. The van der Waals surface area contributed by atoms with Crippen LogP contribution in [0, 0.1) is 11.3 Å². The van der Waals surface area contributed by atoms with Gasteiger partial charge in [0.15, 0.2) is 0 Å². The second-order valence-corrected chi connectivity index (χ2v) is 5.46. The third-order valence-electron chi connectivity index (χ3n) is 3.59. The highest BCUT2D eigenvalue weighted by atomic mass is 35.5. The van der Waals surface area contributed by atoms with Gasteiger partial charge >= 0.3 is 0 Å². The first-order valence-corrected chi connectivity index (χ1v) is 7.32. The van der Waals surface area contributed by atoms with Gasteiger partial charge in [-0.1, -0.05) is 23.7 Å². The highest BCUT2D eigenvalue weighted by molar-refractivity contribution is 6.30. The Morgan fingerprint density at radius 3 is 3.00 bits per heavy atom. The molecule has 0 bridgehead atoms. The zero-order valence-electron chi connectivity index (χ0n) is 11.5. The number of rotatable bonds is 4. The number of hydrogen-bond donors (Lipinski definition) is 1. The fraction of sp³-hybridized carbons (Fsp3) is 0.235. The van der Waals surface area contributed by atoms with Crippen molar-refractivity contribution in [1.29, 1.82) is 5.26 Å². The summed E-state index contributed by atoms with van der Waals surface area (Å²) >= 11 is 5.97. The fourth-order valence-corrected chi connectivity index (χ4v) is 2.67. The molecule has 0 saturated carbocycles. The lowest BCUT2D eigenvalue weighted by molar-refractivity contribution is 0.357. The van der Waals surface area contributed by atoms with Gasteiger partial charge in [0.05, 0.1) is 17.9 Å². The predicted molar refractivity (Wildman–Crippen MR) is 84.0 cm³/mol. The monoisotopic (exact) mass is 298 g/mol. The van der Waals surface area contributed by atoms with Gasteiger partial charge in [0, 0.05) is 18.0 Å².